The summed E-state index contributed by atoms with van der Waals surface area (Å²) in [5, 5.41) is 2.32. The van der Waals surface area contributed by atoms with Crippen LogP contribution in [0.15, 0.2) is 201 Å². The normalized spacial score (nSPS) is 12.2. The fraction of sp³-hybridized carbons (Fsp3) is 0.167. The molecule has 0 fully saturated rings. The molecule has 0 bridgehead atoms. The van der Waals surface area contributed by atoms with Gasteiger partial charge in [-0.25, -0.2) is 4.98 Å². The van der Waals surface area contributed by atoms with E-state index in [1.165, 1.54) is 38.8 Å². The molecule has 0 N–H and O–H groups in total. The summed E-state index contributed by atoms with van der Waals surface area (Å²) in [5.41, 5.74) is 12.2. The van der Waals surface area contributed by atoms with E-state index in [0.717, 1.165) is 50.7 Å². The lowest BCUT2D eigenvalue weighted by molar-refractivity contribution is -0.599. The Labute approximate surface area is 382 Å². The van der Waals surface area contributed by atoms with Crippen LogP contribution in [0.3, 0.4) is 0 Å². The van der Waals surface area contributed by atoms with Crippen LogP contribution >= 0.6 is 0 Å². The van der Waals surface area contributed by atoms with Gasteiger partial charge in [-0.3, -0.25) is 13.7 Å². The summed E-state index contributed by atoms with van der Waals surface area (Å²) < 4.78 is 13.1. The molecule has 5 nitrogen and oxygen atoms in total. The highest BCUT2D eigenvalue weighted by atomic mass is 16.5. The maximum Gasteiger partial charge on any atom is 0.268 e. The predicted molar refractivity (Wildman–Crippen MR) is 266 cm³/mol. The molecular formula is C60H54N4O. The maximum atomic E-state index is 6.73. The predicted octanol–water partition coefficient (Wildman–Crippen LogP) is 14.5. The Balaban J connectivity index is 1.01. The topological polar surface area (TPSA) is 35.9 Å². The molecule has 0 saturated heterocycles. The first kappa shape index (κ1) is 41.5. The van der Waals surface area contributed by atoms with Crippen LogP contribution in [0, 0.1) is 6.33 Å². The van der Waals surface area contributed by atoms with Crippen molar-refractivity contribution in [2.24, 2.45) is 0 Å². The number of hydrogen-bond donors (Lipinski definition) is 0. The van der Waals surface area contributed by atoms with Crippen molar-refractivity contribution >= 4 is 21.8 Å². The number of rotatable bonds is 10. The monoisotopic (exact) mass is 846 g/mol. The second-order valence-corrected chi connectivity index (χ2v) is 19.3. The number of fused-ring (bicyclic) bond motifs is 3. The van der Waals surface area contributed by atoms with Crippen LogP contribution in [0.1, 0.15) is 76.3 Å². The van der Waals surface area contributed by atoms with Gasteiger partial charge in [0, 0.05) is 46.3 Å². The summed E-state index contributed by atoms with van der Waals surface area (Å²) in [7, 11) is 0. The van der Waals surface area contributed by atoms with Crippen LogP contribution in [-0.4, -0.2) is 14.1 Å². The number of pyridine rings is 1. The largest absolute Gasteiger partial charge is 0.458 e. The van der Waals surface area contributed by atoms with Gasteiger partial charge >= 0.3 is 0 Å². The molecule has 0 unspecified atom stereocenters. The fourth-order valence-corrected chi connectivity index (χ4v) is 9.09. The maximum absolute atomic E-state index is 6.73. The zero-order valence-electron chi connectivity index (χ0n) is 38.2. The highest BCUT2D eigenvalue weighted by Crippen LogP contribution is 2.40. The van der Waals surface area contributed by atoms with Gasteiger partial charge in [-0.05, 0) is 105 Å². The van der Waals surface area contributed by atoms with E-state index in [1.807, 2.05) is 29.1 Å². The van der Waals surface area contributed by atoms with Gasteiger partial charge in [0.1, 0.15) is 17.3 Å². The molecule has 0 amide bonds. The highest BCUT2D eigenvalue weighted by Gasteiger charge is 2.27. The molecule has 0 spiro atoms. The van der Waals surface area contributed by atoms with Crippen LogP contribution in [0.25, 0.3) is 50.1 Å². The Morgan fingerprint density at radius 2 is 1.12 bits per heavy atom. The first-order valence-corrected chi connectivity index (χ1v) is 22.5. The third-order valence-electron chi connectivity index (χ3n) is 13.2. The zero-order chi connectivity index (χ0) is 44.9. The first-order valence-electron chi connectivity index (χ1n) is 22.5. The van der Waals surface area contributed by atoms with E-state index in [9.17, 15) is 0 Å². The lowest BCUT2D eigenvalue weighted by Crippen LogP contribution is -2.29. The smallest absolute Gasteiger partial charge is 0.268 e. The average Bonchev–Trinajstić information content (AvgIpc) is 3.96. The summed E-state index contributed by atoms with van der Waals surface area (Å²) in [6, 6.07) is 64.8. The van der Waals surface area contributed by atoms with Gasteiger partial charge in [0.25, 0.3) is 6.33 Å². The van der Waals surface area contributed by atoms with Crippen molar-refractivity contribution in [1.29, 1.82) is 0 Å². The van der Waals surface area contributed by atoms with E-state index >= 15 is 0 Å². The Bertz CT molecular complexity index is 3320. The van der Waals surface area contributed by atoms with Crippen LogP contribution < -0.4 is 9.30 Å². The van der Waals surface area contributed by atoms with Crippen LogP contribution in [0.5, 0.6) is 11.5 Å². The van der Waals surface area contributed by atoms with Crippen molar-refractivity contribution in [3.8, 4) is 39.8 Å². The molecule has 3 heterocycles. The molecule has 7 aromatic carbocycles. The lowest BCUT2D eigenvalue weighted by Gasteiger charge is -2.27. The molecule has 10 rings (SSSR count). The molecule has 0 aliphatic rings. The van der Waals surface area contributed by atoms with Crippen LogP contribution in [0.2, 0.25) is 0 Å². The number of hydrogen-bond acceptors (Lipinski definition) is 2. The van der Waals surface area contributed by atoms with E-state index in [-0.39, 0.29) is 16.2 Å². The van der Waals surface area contributed by atoms with Crippen molar-refractivity contribution in [2.45, 2.75) is 64.7 Å². The van der Waals surface area contributed by atoms with Crippen molar-refractivity contribution in [3.05, 3.63) is 235 Å². The number of ether oxygens (including phenoxy) is 1. The second-order valence-electron chi connectivity index (χ2n) is 19.3. The molecule has 0 atom stereocenters. The molecule has 0 aliphatic heterocycles. The van der Waals surface area contributed by atoms with Crippen LogP contribution in [-0.2, 0) is 16.2 Å². The zero-order valence-corrected chi connectivity index (χ0v) is 38.2. The molecule has 320 valence electrons. The van der Waals surface area contributed by atoms with Crippen molar-refractivity contribution in [3.63, 3.8) is 0 Å². The minimum Gasteiger partial charge on any atom is -0.458 e. The van der Waals surface area contributed by atoms with Crippen LogP contribution in [0.4, 0.5) is 0 Å². The van der Waals surface area contributed by atoms with E-state index in [0.29, 0.717) is 0 Å². The van der Waals surface area contributed by atoms with E-state index in [4.69, 9.17) is 9.72 Å². The van der Waals surface area contributed by atoms with E-state index in [1.54, 1.807) is 0 Å². The Morgan fingerprint density at radius 3 is 1.82 bits per heavy atom. The quantitative estimate of drug-likeness (QED) is 0.102. The Hall–Kier alpha value is -7.50. The SMILES string of the molecule is CC(C)(C)c1ccnc(-n2c3cc(Oc4cccc(-n5[c-][n+](-c6cc(-c7ccccc7)cc(C(C)(C)c7ccccc7)c6)cc5)c4)ccc3c3ccc(C(C)(C)c4ccccc4)cc32)c1. The Kier molecular flexibility index (Phi) is 10.4. The van der Waals surface area contributed by atoms with Crippen molar-refractivity contribution < 1.29 is 9.30 Å². The summed E-state index contributed by atoms with van der Waals surface area (Å²) in [4.78, 5) is 4.99. The first-order chi connectivity index (χ1) is 31.3. The standard InChI is InChI=1S/C60H54N4O/c1-58(2,3)46-30-31-61-57(38-46)64-55-37-47(59(4,5)44-20-13-9-14-21-44)26-28-53(55)54-29-27-52(40-56(54)64)65-51-25-17-24-49(39-51)62-32-33-63(41-62)50-35-43(42-18-11-8-12-19-42)34-48(36-50)60(6,7)45-22-15-10-16-23-45/h8-40H,1-7H3. The van der Waals surface area contributed by atoms with Gasteiger partial charge in [0.05, 0.1) is 22.4 Å². The number of aromatic nitrogens is 4. The minimum atomic E-state index is -0.220. The molecule has 0 saturated carbocycles. The molecular weight excluding hydrogens is 793 g/mol. The minimum absolute atomic E-state index is 0.0406. The number of nitrogens with zero attached hydrogens (tertiary/aromatic N) is 4. The van der Waals surface area contributed by atoms with Crippen molar-refractivity contribution in [2.75, 3.05) is 0 Å². The molecule has 3 aromatic heterocycles. The average molecular weight is 847 g/mol. The number of benzene rings is 7. The highest BCUT2D eigenvalue weighted by molar-refractivity contribution is 6.09. The fourth-order valence-electron chi connectivity index (χ4n) is 9.09. The van der Waals surface area contributed by atoms with Gasteiger partial charge in [-0.1, -0.05) is 164 Å². The van der Waals surface area contributed by atoms with Gasteiger partial charge in [-0.2, -0.15) is 0 Å². The molecule has 10 aromatic rings. The van der Waals surface area contributed by atoms with E-state index < -0.39 is 0 Å². The summed E-state index contributed by atoms with van der Waals surface area (Å²) >= 11 is 0. The van der Waals surface area contributed by atoms with Crippen molar-refractivity contribution in [1.82, 2.24) is 14.1 Å². The summed E-state index contributed by atoms with van der Waals surface area (Å²) in [5.74, 6) is 2.36. The Morgan fingerprint density at radius 1 is 0.492 bits per heavy atom. The molecule has 0 radical (unpaired) electrons. The van der Waals surface area contributed by atoms with E-state index in [2.05, 4.69) is 240 Å². The summed E-state index contributed by atoms with van der Waals surface area (Å²) in [6.45, 7) is 15.9. The third-order valence-corrected chi connectivity index (χ3v) is 13.2. The van der Waals surface area contributed by atoms with Gasteiger partial charge < -0.3 is 4.74 Å². The third kappa shape index (κ3) is 7.93. The molecule has 5 heteroatoms. The second kappa shape index (κ2) is 16.2. The molecule has 65 heavy (non-hydrogen) atoms. The lowest BCUT2D eigenvalue weighted by atomic mass is 9.77. The van der Waals surface area contributed by atoms with Gasteiger partial charge in [0.15, 0.2) is 0 Å². The van der Waals surface area contributed by atoms with Gasteiger partial charge in [-0.15, -0.1) is 0 Å². The number of imidazole rings is 1. The summed E-state index contributed by atoms with van der Waals surface area (Å²) in [6.07, 6.45) is 9.66. The molecule has 0 aliphatic carbocycles. The van der Waals surface area contributed by atoms with Gasteiger partial charge in [0.2, 0.25) is 0 Å².